The van der Waals surface area contributed by atoms with Crippen molar-refractivity contribution in [1.82, 2.24) is 5.43 Å². The molecule has 0 radical (unpaired) electrons. The Kier molecular flexibility index (Phi) is 7.13. The minimum atomic E-state index is -0.302. The van der Waals surface area contributed by atoms with Gasteiger partial charge in [-0.25, -0.2) is 5.43 Å². The molecule has 0 aliphatic heterocycles. The molecule has 2 aromatic rings. The maximum Gasteiger partial charge on any atom is 0.240 e. The van der Waals surface area contributed by atoms with Gasteiger partial charge in [0.15, 0.2) is 0 Å². The topological polar surface area (TPSA) is 70.6 Å². The lowest BCUT2D eigenvalue weighted by atomic mass is 10.2. The van der Waals surface area contributed by atoms with E-state index in [1.54, 1.807) is 6.08 Å². The number of allylic oxidation sites excluding steroid dienone is 1. The van der Waals surface area contributed by atoms with E-state index in [1.165, 1.54) is 6.21 Å². The van der Waals surface area contributed by atoms with Crippen molar-refractivity contribution in [1.29, 1.82) is 0 Å². The van der Waals surface area contributed by atoms with Gasteiger partial charge in [0.25, 0.3) is 0 Å². The van der Waals surface area contributed by atoms with E-state index in [-0.39, 0.29) is 24.7 Å². The second-order valence-electron chi connectivity index (χ2n) is 5.50. The van der Waals surface area contributed by atoms with Crippen LogP contribution in [0.1, 0.15) is 24.0 Å². The summed E-state index contributed by atoms with van der Waals surface area (Å²) in [4.78, 5) is 23.4. The maximum atomic E-state index is 11.8. The number of hydrogen-bond donors (Lipinski definition) is 2. The summed E-state index contributed by atoms with van der Waals surface area (Å²) in [5.74, 6) is -0.504. The van der Waals surface area contributed by atoms with Crippen LogP contribution in [0.15, 0.2) is 65.8 Å². The number of amides is 2. The van der Waals surface area contributed by atoms with Crippen molar-refractivity contribution in [3.8, 4) is 0 Å². The van der Waals surface area contributed by atoms with Crippen LogP contribution in [0.4, 0.5) is 5.69 Å². The summed E-state index contributed by atoms with van der Waals surface area (Å²) in [5, 5.41) is 6.57. The molecule has 2 N–H and O–H groups in total. The number of carbonyl (C=O) groups excluding carboxylic acids is 2. The molecule has 0 unspecified atom stereocenters. The van der Waals surface area contributed by atoms with Gasteiger partial charge in [-0.15, -0.1) is 0 Å². The summed E-state index contributed by atoms with van der Waals surface area (Å²) in [6, 6.07) is 17.3. The largest absolute Gasteiger partial charge is 0.326 e. The van der Waals surface area contributed by atoms with Crippen LogP contribution >= 0.6 is 0 Å². The summed E-state index contributed by atoms with van der Waals surface area (Å²) in [5.41, 5.74) is 5.29. The highest BCUT2D eigenvalue weighted by Gasteiger charge is 2.06. The molecule has 0 aromatic heterocycles. The van der Waals surface area contributed by atoms with Crippen molar-refractivity contribution in [3.63, 3.8) is 0 Å². The van der Waals surface area contributed by atoms with Gasteiger partial charge in [-0.05, 0) is 30.7 Å². The first-order valence-electron chi connectivity index (χ1n) is 8.03. The third-order valence-corrected chi connectivity index (χ3v) is 3.35. The van der Waals surface area contributed by atoms with Crippen LogP contribution in [0.5, 0.6) is 0 Å². The molecule has 2 aromatic carbocycles. The van der Waals surface area contributed by atoms with Gasteiger partial charge in [-0.1, -0.05) is 54.1 Å². The molecule has 0 aliphatic carbocycles. The SMILES string of the molecule is Cc1ccc(NC(=O)CCC(=O)NN=C/C=C/c2ccccc2)cc1. The van der Waals surface area contributed by atoms with Crippen molar-refractivity contribution in [2.24, 2.45) is 5.10 Å². The van der Waals surface area contributed by atoms with Crippen molar-refractivity contribution in [3.05, 3.63) is 71.8 Å². The predicted molar refractivity (Wildman–Crippen MR) is 101 cm³/mol. The molecular weight excluding hydrogens is 314 g/mol. The Hall–Kier alpha value is -3.21. The Bertz CT molecular complexity index is 750. The molecule has 0 saturated carbocycles. The van der Waals surface area contributed by atoms with Crippen LogP contribution in [0.2, 0.25) is 0 Å². The maximum absolute atomic E-state index is 11.8. The van der Waals surface area contributed by atoms with E-state index in [0.717, 1.165) is 16.8 Å². The first-order chi connectivity index (χ1) is 12.1. The molecule has 0 saturated heterocycles. The van der Waals surface area contributed by atoms with Crippen molar-refractivity contribution < 1.29 is 9.59 Å². The molecule has 0 aliphatic rings. The first kappa shape index (κ1) is 18.1. The lowest BCUT2D eigenvalue weighted by Gasteiger charge is -2.05. The lowest BCUT2D eigenvalue weighted by molar-refractivity contribution is -0.124. The van der Waals surface area contributed by atoms with Crippen LogP contribution in [0, 0.1) is 6.92 Å². The number of aryl methyl sites for hydroxylation is 1. The highest BCUT2D eigenvalue weighted by molar-refractivity contribution is 5.93. The second-order valence-corrected chi connectivity index (χ2v) is 5.50. The minimum Gasteiger partial charge on any atom is -0.326 e. The van der Waals surface area contributed by atoms with E-state index >= 15 is 0 Å². The Morgan fingerprint density at radius 3 is 2.36 bits per heavy atom. The van der Waals surface area contributed by atoms with Gasteiger partial charge in [-0.3, -0.25) is 9.59 Å². The Morgan fingerprint density at radius 1 is 0.960 bits per heavy atom. The summed E-state index contributed by atoms with van der Waals surface area (Å²) in [6.07, 6.45) is 5.30. The fraction of sp³-hybridized carbons (Fsp3) is 0.150. The third-order valence-electron chi connectivity index (χ3n) is 3.35. The van der Waals surface area contributed by atoms with Gasteiger partial charge in [-0.2, -0.15) is 5.10 Å². The smallest absolute Gasteiger partial charge is 0.240 e. The number of rotatable bonds is 7. The van der Waals surface area contributed by atoms with Crippen LogP contribution < -0.4 is 10.7 Å². The number of nitrogens with one attached hydrogen (secondary N) is 2. The van der Waals surface area contributed by atoms with Gasteiger partial charge in [0.05, 0.1) is 0 Å². The molecule has 25 heavy (non-hydrogen) atoms. The number of benzene rings is 2. The molecule has 0 bridgehead atoms. The molecule has 0 atom stereocenters. The first-order valence-corrected chi connectivity index (χ1v) is 8.03. The lowest BCUT2D eigenvalue weighted by Crippen LogP contribution is -2.20. The summed E-state index contributed by atoms with van der Waals surface area (Å²) >= 11 is 0. The Morgan fingerprint density at radius 2 is 1.64 bits per heavy atom. The van der Waals surface area contributed by atoms with Crippen molar-refractivity contribution in [2.75, 3.05) is 5.32 Å². The van der Waals surface area contributed by atoms with E-state index < -0.39 is 0 Å². The molecule has 2 rings (SSSR count). The summed E-state index contributed by atoms with van der Waals surface area (Å²) in [6.45, 7) is 1.98. The zero-order valence-corrected chi connectivity index (χ0v) is 14.1. The third kappa shape index (κ3) is 7.26. The van der Waals surface area contributed by atoms with Gasteiger partial charge >= 0.3 is 0 Å². The van der Waals surface area contributed by atoms with E-state index in [9.17, 15) is 9.59 Å². The molecule has 128 valence electrons. The highest BCUT2D eigenvalue weighted by Crippen LogP contribution is 2.09. The van der Waals surface area contributed by atoms with E-state index in [2.05, 4.69) is 15.8 Å². The molecule has 2 amide bonds. The molecule has 0 heterocycles. The number of carbonyl (C=O) groups is 2. The fourth-order valence-corrected chi connectivity index (χ4v) is 2.01. The van der Waals surface area contributed by atoms with Crippen LogP contribution in [0.3, 0.4) is 0 Å². The molecule has 0 spiro atoms. The molecule has 0 fully saturated rings. The standard InChI is InChI=1S/C20H21N3O2/c1-16-9-11-18(12-10-16)22-19(24)13-14-20(25)23-21-15-5-8-17-6-3-2-4-7-17/h2-12,15H,13-14H2,1H3,(H,22,24)(H,23,25)/b8-5+,21-15?. The Labute approximate surface area is 147 Å². The van der Waals surface area contributed by atoms with Gasteiger partial charge in [0, 0.05) is 24.7 Å². The second kappa shape index (κ2) is 9.82. The summed E-state index contributed by atoms with van der Waals surface area (Å²) in [7, 11) is 0. The van der Waals surface area contributed by atoms with Gasteiger partial charge in [0.1, 0.15) is 0 Å². The van der Waals surface area contributed by atoms with E-state index in [4.69, 9.17) is 0 Å². The quantitative estimate of drug-likeness (QED) is 0.600. The van der Waals surface area contributed by atoms with Crippen molar-refractivity contribution in [2.45, 2.75) is 19.8 Å². The average Bonchev–Trinajstić information content (AvgIpc) is 2.62. The highest BCUT2D eigenvalue weighted by atomic mass is 16.2. The monoisotopic (exact) mass is 335 g/mol. The predicted octanol–water partition coefficient (Wildman–Crippen LogP) is 3.53. The van der Waals surface area contributed by atoms with Gasteiger partial charge < -0.3 is 5.32 Å². The molecule has 5 heteroatoms. The van der Waals surface area contributed by atoms with Crippen LogP contribution in [-0.2, 0) is 9.59 Å². The van der Waals surface area contributed by atoms with Crippen LogP contribution in [-0.4, -0.2) is 18.0 Å². The van der Waals surface area contributed by atoms with Crippen LogP contribution in [0.25, 0.3) is 6.08 Å². The summed E-state index contributed by atoms with van der Waals surface area (Å²) < 4.78 is 0. The fourth-order valence-electron chi connectivity index (χ4n) is 2.01. The minimum absolute atomic E-state index is 0.0808. The average molecular weight is 335 g/mol. The Balaban J connectivity index is 1.66. The number of anilines is 1. The van der Waals surface area contributed by atoms with Gasteiger partial charge in [0.2, 0.25) is 11.8 Å². The molecule has 5 nitrogen and oxygen atoms in total. The molecular formula is C20H21N3O2. The zero-order chi connectivity index (χ0) is 17.9. The normalized spacial score (nSPS) is 10.9. The number of nitrogens with zero attached hydrogens (tertiary/aromatic N) is 1. The number of hydrogen-bond acceptors (Lipinski definition) is 3. The van der Waals surface area contributed by atoms with E-state index in [0.29, 0.717) is 0 Å². The van der Waals surface area contributed by atoms with Crippen molar-refractivity contribution >= 4 is 29.8 Å². The zero-order valence-electron chi connectivity index (χ0n) is 14.1. The number of hydrazone groups is 1. The van der Waals surface area contributed by atoms with E-state index in [1.807, 2.05) is 67.6 Å².